The van der Waals surface area contributed by atoms with E-state index in [0.717, 1.165) is 36.5 Å². The third-order valence-corrected chi connectivity index (χ3v) is 15.3. The molecule has 0 radical (unpaired) electrons. The van der Waals surface area contributed by atoms with Crippen LogP contribution in [0, 0.1) is 0 Å². The molecule has 4 nitrogen and oxygen atoms in total. The fourth-order valence-electron chi connectivity index (χ4n) is 10.5. The van der Waals surface area contributed by atoms with Crippen molar-refractivity contribution in [3.05, 3.63) is 12.1 Å². The summed E-state index contributed by atoms with van der Waals surface area (Å²) in [6.07, 6.45) is 74.8. The Kier molecular flexibility index (Phi) is 53.8. The highest BCUT2D eigenvalue weighted by molar-refractivity contribution is 5.60. The molecule has 1 rings (SSSR count). The van der Waals surface area contributed by atoms with Gasteiger partial charge in [-0.3, -0.25) is 0 Å². The van der Waals surface area contributed by atoms with Gasteiger partial charge in [-0.15, -0.1) is 0 Å². The summed E-state index contributed by atoms with van der Waals surface area (Å²) in [5.41, 5.74) is 7.16. The molecule has 0 spiro atoms. The standard InChI is InChI=1S/C66H127NO3/c1-4-7-10-13-16-19-22-25-28-31-34-37-40-43-46-49-52-55-58-68-64-61-63(67)62-65(69-59-56-53-50-47-44-41-38-35-32-29-26-23-20-17-14-11-8-5-2)66(64)70-60-57-54-51-48-45-42-39-36-33-30-27-24-21-18-15-12-9-6-3/h61-62H,4-60,67H2,1-3H3. The number of ether oxygens (including phenoxy) is 3. The van der Waals surface area contributed by atoms with E-state index in [0.29, 0.717) is 25.5 Å². The van der Waals surface area contributed by atoms with Crippen molar-refractivity contribution >= 4 is 5.69 Å². The van der Waals surface area contributed by atoms with Crippen LogP contribution in [0.3, 0.4) is 0 Å². The summed E-state index contributed by atoms with van der Waals surface area (Å²) in [4.78, 5) is 0. The van der Waals surface area contributed by atoms with Gasteiger partial charge in [0.2, 0.25) is 5.75 Å². The molecule has 70 heavy (non-hydrogen) atoms. The highest BCUT2D eigenvalue weighted by Crippen LogP contribution is 2.40. The maximum absolute atomic E-state index is 6.53. The van der Waals surface area contributed by atoms with Gasteiger partial charge in [0.15, 0.2) is 11.5 Å². The van der Waals surface area contributed by atoms with Crippen LogP contribution < -0.4 is 19.9 Å². The maximum atomic E-state index is 6.53. The smallest absolute Gasteiger partial charge is 0.203 e. The molecule has 0 aromatic heterocycles. The van der Waals surface area contributed by atoms with E-state index in [1.54, 1.807) is 0 Å². The zero-order valence-electron chi connectivity index (χ0n) is 48.3. The first-order valence-corrected chi connectivity index (χ1v) is 32.5. The average Bonchev–Trinajstić information content (AvgIpc) is 3.36. The molecule has 0 fully saturated rings. The van der Waals surface area contributed by atoms with E-state index in [1.165, 1.54) is 327 Å². The second-order valence-electron chi connectivity index (χ2n) is 22.4. The predicted molar refractivity (Wildman–Crippen MR) is 314 cm³/mol. The molecule has 0 aliphatic carbocycles. The van der Waals surface area contributed by atoms with Gasteiger partial charge in [0.25, 0.3) is 0 Å². The SMILES string of the molecule is CCCCCCCCCCCCCCCCCCCCOc1cc(N)cc(OCCCCCCCCCCCCCCCCCCCC)c1OCCCCCCCCCCCCCCCCCCCC. The van der Waals surface area contributed by atoms with Crippen LogP contribution in [-0.2, 0) is 0 Å². The summed E-state index contributed by atoms with van der Waals surface area (Å²) in [6, 6.07) is 3.92. The Morgan fingerprint density at radius 2 is 0.386 bits per heavy atom. The number of anilines is 1. The van der Waals surface area contributed by atoms with Gasteiger partial charge in [-0.1, -0.05) is 348 Å². The van der Waals surface area contributed by atoms with Crippen molar-refractivity contribution in [2.45, 2.75) is 367 Å². The lowest BCUT2D eigenvalue weighted by atomic mass is 10.0. The molecule has 0 saturated heterocycles. The highest BCUT2D eigenvalue weighted by atomic mass is 16.5. The van der Waals surface area contributed by atoms with E-state index >= 15 is 0 Å². The van der Waals surface area contributed by atoms with Crippen molar-refractivity contribution in [2.75, 3.05) is 25.6 Å². The summed E-state index contributed by atoms with van der Waals surface area (Å²) in [5, 5.41) is 0. The molecule has 0 unspecified atom stereocenters. The fraction of sp³-hybridized carbons (Fsp3) is 0.909. The number of hydrogen-bond donors (Lipinski definition) is 1. The molecule has 0 atom stereocenters. The number of nitrogen functional groups attached to an aromatic ring is 1. The zero-order valence-corrected chi connectivity index (χ0v) is 48.3. The Balaban J connectivity index is 2.33. The predicted octanol–water partition coefficient (Wildman–Crippen LogP) is 23.5. The normalized spacial score (nSPS) is 11.5. The van der Waals surface area contributed by atoms with Crippen LogP contribution >= 0.6 is 0 Å². The quantitative estimate of drug-likeness (QED) is 0.0522. The summed E-state index contributed by atoms with van der Waals surface area (Å²) in [5.74, 6) is 2.30. The van der Waals surface area contributed by atoms with E-state index in [2.05, 4.69) is 20.8 Å². The Morgan fingerprint density at radius 3 is 0.571 bits per heavy atom. The summed E-state index contributed by atoms with van der Waals surface area (Å²) >= 11 is 0. The van der Waals surface area contributed by atoms with Gasteiger partial charge in [0.1, 0.15) is 0 Å². The lowest BCUT2D eigenvalue weighted by Gasteiger charge is -2.18. The summed E-state index contributed by atoms with van der Waals surface area (Å²) < 4.78 is 19.4. The summed E-state index contributed by atoms with van der Waals surface area (Å²) in [7, 11) is 0. The van der Waals surface area contributed by atoms with Gasteiger partial charge in [-0.2, -0.15) is 0 Å². The minimum atomic E-state index is 0.695. The Hall–Kier alpha value is -1.58. The van der Waals surface area contributed by atoms with Crippen LogP contribution in [0.15, 0.2) is 12.1 Å². The molecule has 0 aliphatic rings. The molecule has 1 aromatic carbocycles. The van der Waals surface area contributed by atoms with Crippen molar-refractivity contribution in [1.82, 2.24) is 0 Å². The van der Waals surface area contributed by atoms with Gasteiger partial charge in [-0.05, 0) is 19.3 Å². The second kappa shape index (κ2) is 56.7. The maximum Gasteiger partial charge on any atom is 0.203 e. The molecule has 0 aliphatic heterocycles. The average molecular weight is 983 g/mol. The lowest BCUT2D eigenvalue weighted by molar-refractivity contribution is 0.234. The number of unbranched alkanes of at least 4 members (excludes halogenated alkanes) is 51. The van der Waals surface area contributed by atoms with E-state index < -0.39 is 0 Å². The van der Waals surface area contributed by atoms with Crippen molar-refractivity contribution in [3.63, 3.8) is 0 Å². The molecule has 4 heteroatoms. The van der Waals surface area contributed by atoms with Crippen molar-refractivity contribution < 1.29 is 14.2 Å². The minimum absolute atomic E-state index is 0.695. The number of benzene rings is 1. The summed E-state index contributed by atoms with van der Waals surface area (Å²) in [6.45, 7) is 9.03. The van der Waals surface area contributed by atoms with Crippen molar-refractivity contribution in [3.8, 4) is 17.2 Å². The largest absolute Gasteiger partial charge is 0.489 e. The van der Waals surface area contributed by atoms with Crippen LogP contribution in [0.25, 0.3) is 0 Å². The van der Waals surface area contributed by atoms with Gasteiger partial charge in [-0.25, -0.2) is 0 Å². The van der Waals surface area contributed by atoms with Gasteiger partial charge >= 0.3 is 0 Å². The van der Waals surface area contributed by atoms with E-state index in [9.17, 15) is 0 Å². The van der Waals surface area contributed by atoms with Crippen LogP contribution in [0.2, 0.25) is 0 Å². The number of nitrogens with two attached hydrogens (primary N) is 1. The van der Waals surface area contributed by atoms with Crippen LogP contribution in [0.4, 0.5) is 5.69 Å². The van der Waals surface area contributed by atoms with E-state index in [4.69, 9.17) is 19.9 Å². The molecule has 1 aromatic rings. The van der Waals surface area contributed by atoms with Crippen LogP contribution in [-0.4, -0.2) is 19.8 Å². The van der Waals surface area contributed by atoms with Crippen LogP contribution in [0.5, 0.6) is 17.2 Å². The first-order valence-electron chi connectivity index (χ1n) is 32.5. The van der Waals surface area contributed by atoms with Gasteiger partial charge in [0.05, 0.1) is 19.8 Å². The van der Waals surface area contributed by atoms with E-state index in [-0.39, 0.29) is 0 Å². The monoisotopic (exact) mass is 982 g/mol. The minimum Gasteiger partial charge on any atom is -0.489 e. The molecule has 414 valence electrons. The molecular weight excluding hydrogens is 855 g/mol. The van der Waals surface area contributed by atoms with Crippen molar-refractivity contribution in [1.29, 1.82) is 0 Å². The third-order valence-electron chi connectivity index (χ3n) is 15.3. The third kappa shape index (κ3) is 47.4. The topological polar surface area (TPSA) is 53.7 Å². The molecule has 0 amide bonds. The fourth-order valence-corrected chi connectivity index (χ4v) is 10.5. The Bertz CT molecular complexity index is 1080. The van der Waals surface area contributed by atoms with Gasteiger partial charge < -0.3 is 19.9 Å². The van der Waals surface area contributed by atoms with Gasteiger partial charge in [0, 0.05) is 17.8 Å². The molecule has 0 bridgehead atoms. The first-order chi connectivity index (χ1) is 34.7. The first kappa shape index (κ1) is 66.4. The highest BCUT2D eigenvalue weighted by Gasteiger charge is 2.15. The zero-order chi connectivity index (χ0) is 50.2. The Morgan fingerprint density at radius 1 is 0.229 bits per heavy atom. The van der Waals surface area contributed by atoms with Crippen LogP contribution in [0.1, 0.15) is 367 Å². The molecule has 2 N–H and O–H groups in total. The number of hydrogen-bond acceptors (Lipinski definition) is 4. The van der Waals surface area contributed by atoms with E-state index in [1.807, 2.05) is 12.1 Å². The van der Waals surface area contributed by atoms with Crippen molar-refractivity contribution in [2.24, 2.45) is 0 Å². The molecule has 0 heterocycles. The Labute approximate surface area is 440 Å². The molecule has 0 saturated carbocycles. The molecular formula is C66H127NO3. The second-order valence-corrected chi connectivity index (χ2v) is 22.4. The number of rotatable bonds is 60. The lowest BCUT2D eigenvalue weighted by Crippen LogP contribution is -2.07.